The second kappa shape index (κ2) is 3.40. The van der Waals surface area contributed by atoms with Crippen LogP contribution in [0, 0.1) is 5.41 Å². The third kappa shape index (κ3) is 2.06. The molecular weight excluding hydrogens is 134 g/mol. The molecule has 1 unspecified atom stereocenters. The molecule has 0 aromatic carbocycles. The van der Waals surface area contributed by atoms with Crippen LogP contribution in [0.25, 0.3) is 0 Å². The molecule has 1 aliphatic rings. The maximum atomic E-state index is 3.71. The number of nitrogens with one attached hydrogen (secondary N) is 1. The van der Waals surface area contributed by atoms with Gasteiger partial charge >= 0.3 is 0 Å². The van der Waals surface area contributed by atoms with Crippen LogP contribution in [-0.2, 0) is 0 Å². The van der Waals surface area contributed by atoms with E-state index in [1.165, 1.54) is 19.3 Å². The van der Waals surface area contributed by atoms with E-state index in [0.717, 1.165) is 6.54 Å². The molecule has 0 amide bonds. The molecule has 0 aromatic heterocycles. The lowest BCUT2D eigenvalue weighted by atomic mass is 9.87. The van der Waals surface area contributed by atoms with Gasteiger partial charge in [-0.3, -0.25) is 0 Å². The van der Waals surface area contributed by atoms with Crippen molar-refractivity contribution in [1.82, 2.24) is 5.32 Å². The third-order valence-electron chi connectivity index (χ3n) is 2.77. The zero-order chi connectivity index (χ0) is 8.32. The first-order valence-electron chi connectivity index (χ1n) is 4.51. The number of hydrogen-bond acceptors (Lipinski definition) is 1. The van der Waals surface area contributed by atoms with Gasteiger partial charge in [-0.1, -0.05) is 26.3 Å². The highest BCUT2D eigenvalue weighted by molar-refractivity contribution is 4.91. The first kappa shape index (κ1) is 8.79. The Labute approximate surface area is 69.9 Å². The highest BCUT2D eigenvalue weighted by Gasteiger charge is 2.33. The Bertz CT molecular complexity index is 138. The topological polar surface area (TPSA) is 12.0 Å². The van der Waals surface area contributed by atoms with Gasteiger partial charge < -0.3 is 5.32 Å². The van der Waals surface area contributed by atoms with E-state index in [9.17, 15) is 0 Å². The van der Waals surface area contributed by atoms with Crippen LogP contribution in [0.3, 0.4) is 0 Å². The van der Waals surface area contributed by atoms with E-state index >= 15 is 0 Å². The van der Waals surface area contributed by atoms with E-state index in [2.05, 4.69) is 25.7 Å². The highest BCUT2D eigenvalue weighted by Crippen LogP contribution is 2.36. The molecular formula is C10H19N. The molecule has 1 N–H and O–H groups in total. The summed E-state index contributed by atoms with van der Waals surface area (Å²) in [7, 11) is 0. The fourth-order valence-corrected chi connectivity index (χ4v) is 1.93. The predicted molar refractivity (Wildman–Crippen MR) is 49.6 cm³/mol. The average molecular weight is 153 g/mol. The van der Waals surface area contributed by atoms with Crippen molar-refractivity contribution in [3.63, 3.8) is 0 Å². The molecule has 1 saturated carbocycles. The van der Waals surface area contributed by atoms with Crippen molar-refractivity contribution in [2.24, 2.45) is 5.41 Å². The lowest BCUT2D eigenvalue weighted by Gasteiger charge is -2.27. The van der Waals surface area contributed by atoms with Crippen molar-refractivity contribution in [2.75, 3.05) is 6.54 Å². The fourth-order valence-electron chi connectivity index (χ4n) is 1.93. The predicted octanol–water partition coefficient (Wildman–Crippen LogP) is 2.34. The van der Waals surface area contributed by atoms with Crippen LogP contribution in [0.4, 0.5) is 0 Å². The largest absolute Gasteiger partial charge is 0.310 e. The smallest absolute Gasteiger partial charge is 0.0135 e. The summed E-state index contributed by atoms with van der Waals surface area (Å²) in [6, 6.07) is 0.709. The molecule has 1 aliphatic carbocycles. The number of hydrogen-bond donors (Lipinski definition) is 1. The van der Waals surface area contributed by atoms with Crippen molar-refractivity contribution >= 4 is 0 Å². The second-order valence-electron chi connectivity index (χ2n) is 4.13. The van der Waals surface area contributed by atoms with Crippen molar-refractivity contribution in [3.8, 4) is 0 Å². The molecule has 1 heteroatoms. The van der Waals surface area contributed by atoms with Gasteiger partial charge in [0, 0.05) is 12.6 Å². The van der Waals surface area contributed by atoms with E-state index in [-0.39, 0.29) is 0 Å². The van der Waals surface area contributed by atoms with Crippen LogP contribution in [0.2, 0.25) is 0 Å². The van der Waals surface area contributed by atoms with E-state index < -0.39 is 0 Å². The van der Waals surface area contributed by atoms with Gasteiger partial charge in [-0.2, -0.15) is 0 Å². The van der Waals surface area contributed by atoms with Gasteiger partial charge in [0.25, 0.3) is 0 Å². The second-order valence-corrected chi connectivity index (χ2v) is 4.13. The highest BCUT2D eigenvalue weighted by atomic mass is 14.9. The van der Waals surface area contributed by atoms with Gasteiger partial charge in [0.2, 0.25) is 0 Å². The Hall–Kier alpha value is -0.300. The molecule has 0 radical (unpaired) electrons. The quantitative estimate of drug-likeness (QED) is 0.614. The SMILES string of the molecule is C=CCNC1CCCC1(C)C. The molecule has 0 spiro atoms. The van der Waals surface area contributed by atoms with E-state index in [1.54, 1.807) is 0 Å². The maximum Gasteiger partial charge on any atom is 0.0135 e. The van der Waals surface area contributed by atoms with E-state index in [1.807, 2.05) is 6.08 Å². The molecule has 1 nitrogen and oxygen atoms in total. The molecule has 64 valence electrons. The van der Waals surface area contributed by atoms with Crippen LogP contribution < -0.4 is 5.32 Å². The molecule has 11 heavy (non-hydrogen) atoms. The summed E-state index contributed by atoms with van der Waals surface area (Å²) in [6.45, 7) is 9.36. The lowest BCUT2D eigenvalue weighted by molar-refractivity contribution is 0.291. The first-order chi connectivity index (χ1) is 5.17. The van der Waals surface area contributed by atoms with Crippen molar-refractivity contribution in [2.45, 2.75) is 39.2 Å². The summed E-state index contributed by atoms with van der Waals surface area (Å²) in [5, 5.41) is 3.50. The van der Waals surface area contributed by atoms with Gasteiger partial charge in [0.05, 0.1) is 0 Å². The Morgan fingerprint density at radius 2 is 2.36 bits per heavy atom. The summed E-state index contributed by atoms with van der Waals surface area (Å²) in [5.41, 5.74) is 0.503. The molecule has 0 bridgehead atoms. The Morgan fingerprint density at radius 3 is 2.82 bits per heavy atom. The van der Waals surface area contributed by atoms with Gasteiger partial charge in [0.15, 0.2) is 0 Å². The minimum Gasteiger partial charge on any atom is -0.310 e. The Balaban J connectivity index is 2.38. The summed E-state index contributed by atoms with van der Waals surface area (Å²) in [6.07, 6.45) is 6.01. The van der Waals surface area contributed by atoms with Gasteiger partial charge in [-0.05, 0) is 18.3 Å². The summed E-state index contributed by atoms with van der Waals surface area (Å²) in [4.78, 5) is 0. The van der Waals surface area contributed by atoms with Gasteiger partial charge in [0.1, 0.15) is 0 Å². The standard InChI is InChI=1S/C10H19N/c1-4-8-11-9-6-5-7-10(9,2)3/h4,9,11H,1,5-8H2,2-3H3. The summed E-state index contributed by atoms with van der Waals surface area (Å²) in [5.74, 6) is 0. The van der Waals surface area contributed by atoms with Gasteiger partial charge in [-0.25, -0.2) is 0 Å². The lowest BCUT2D eigenvalue weighted by Crippen LogP contribution is -2.37. The third-order valence-corrected chi connectivity index (χ3v) is 2.77. The monoisotopic (exact) mass is 153 g/mol. The van der Waals surface area contributed by atoms with Crippen LogP contribution in [0.5, 0.6) is 0 Å². The first-order valence-corrected chi connectivity index (χ1v) is 4.51. The van der Waals surface area contributed by atoms with Crippen molar-refractivity contribution < 1.29 is 0 Å². The molecule has 0 heterocycles. The van der Waals surface area contributed by atoms with Crippen molar-refractivity contribution in [3.05, 3.63) is 12.7 Å². The van der Waals surface area contributed by atoms with Crippen molar-refractivity contribution in [1.29, 1.82) is 0 Å². The fraction of sp³-hybridized carbons (Fsp3) is 0.800. The molecule has 1 rings (SSSR count). The summed E-state index contributed by atoms with van der Waals surface area (Å²) < 4.78 is 0. The molecule has 1 fully saturated rings. The van der Waals surface area contributed by atoms with E-state index in [0.29, 0.717) is 11.5 Å². The minimum absolute atomic E-state index is 0.503. The van der Waals surface area contributed by atoms with Crippen LogP contribution in [-0.4, -0.2) is 12.6 Å². The minimum atomic E-state index is 0.503. The molecule has 0 aromatic rings. The van der Waals surface area contributed by atoms with E-state index in [4.69, 9.17) is 0 Å². The average Bonchev–Trinajstić information content (AvgIpc) is 2.25. The van der Waals surface area contributed by atoms with Crippen LogP contribution in [0.1, 0.15) is 33.1 Å². The molecule has 0 aliphatic heterocycles. The van der Waals surface area contributed by atoms with Gasteiger partial charge in [-0.15, -0.1) is 6.58 Å². The van der Waals surface area contributed by atoms with Crippen LogP contribution >= 0.6 is 0 Å². The normalized spacial score (nSPS) is 28.7. The Morgan fingerprint density at radius 1 is 1.64 bits per heavy atom. The Kier molecular flexibility index (Phi) is 2.72. The zero-order valence-electron chi connectivity index (χ0n) is 7.69. The summed E-state index contributed by atoms with van der Waals surface area (Å²) >= 11 is 0. The number of rotatable bonds is 3. The zero-order valence-corrected chi connectivity index (χ0v) is 7.69. The molecule has 0 saturated heterocycles. The maximum absolute atomic E-state index is 3.71. The molecule has 1 atom stereocenters. The van der Waals surface area contributed by atoms with Crippen LogP contribution in [0.15, 0.2) is 12.7 Å².